The Balaban J connectivity index is 1.40. The summed E-state index contributed by atoms with van der Waals surface area (Å²) >= 11 is 0. The Bertz CT molecular complexity index is 2440. The van der Waals surface area contributed by atoms with E-state index in [0.717, 1.165) is 86.6 Å². The van der Waals surface area contributed by atoms with E-state index in [2.05, 4.69) is 113 Å². The second kappa shape index (κ2) is 12.9. The zero-order chi connectivity index (χ0) is 39.0. The number of rotatable bonds is 7. The third-order valence-electron chi connectivity index (χ3n) is 12.5. The molecule has 0 radical (unpaired) electrons. The SMILES string of the molecule is COc1ccc(-c2cc3c4c(c5c(c3cc2OC)OC(c2ccc(OC)cc2)(c2ccc(OC)cc2)C=C5)C2(CC(C)(C)CC(C)(C)C2)c2ccccc2-4)cc1. The largest absolute Gasteiger partial charge is 0.497 e. The van der Waals surface area contributed by atoms with Crippen LogP contribution in [0.5, 0.6) is 28.7 Å². The molecule has 0 aromatic heterocycles. The van der Waals surface area contributed by atoms with Crippen LogP contribution in [0.4, 0.5) is 0 Å². The van der Waals surface area contributed by atoms with Crippen LogP contribution in [0.3, 0.4) is 0 Å². The molecule has 3 aliphatic rings. The van der Waals surface area contributed by atoms with Gasteiger partial charge in [-0.25, -0.2) is 0 Å². The first kappa shape index (κ1) is 36.0. The lowest BCUT2D eigenvalue weighted by Gasteiger charge is -2.52. The molecule has 0 bridgehead atoms. The summed E-state index contributed by atoms with van der Waals surface area (Å²) in [6.07, 6.45) is 7.88. The van der Waals surface area contributed by atoms with Crippen LogP contribution in [0.2, 0.25) is 0 Å². The van der Waals surface area contributed by atoms with Gasteiger partial charge in [0.2, 0.25) is 0 Å². The Hall–Kier alpha value is -5.68. The van der Waals surface area contributed by atoms with Gasteiger partial charge in [-0.1, -0.05) is 94.4 Å². The van der Waals surface area contributed by atoms with Crippen LogP contribution in [0.1, 0.15) is 74.8 Å². The summed E-state index contributed by atoms with van der Waals surface area (Å²) in [7, 11) is 6.85. The van der Waals surface area contributed by atoms with Crippen LogP contribution in [-0.2, 0) is 11.0 Å². The van der Waals surface area contributed by atoms with Gasteiger partial charge in [-0.05, 0) is 118 Å². The van der Waals surface area contributed by atoms with Gasteiger partial charge in [-0.2, -0.15) is 0 Å². The van der Waals surface area contributed by atoms with Crippen molar-refractivity contribution in [3.8, 4) is 51.0 Å². The predicted molar refractivity (Wildman–Crippen MR) is 227 cm³/mol. The molecule has 6 aromatic rings. The first-order chi connectivity index (χ1) is 26.9. The Labute approximate surface area is 330 Å². The van der Waals surface area contributed by atoms with E-state index < -0.39 is 5.60 Å². The first-order valence-corrected chi connectivity index (χ1v) is 19.6. The number of hydrogen-bond acceptors (Lipinski definition) is 5. The van der Waals surface area contributed by atoms with Crippen molar-refractivity contribution in [2.75, 3.05) is 28.4 Å². The van der Waals surface area contributed by atoms with Crippen molar-refractivity contribution < 1.29 is 23.7 Å². The summed E-state index contributed by atoms with van der Waals surface area (Å²) < 4.78 is 30.8. The molecule has 0 saturated heterocycles. The van der Waals surface area contributed by atoms with E-state index in [0.29, 0.717) is 0 Å². The minimum Gasteiger partial charge on any atom is -0.497 e. The van der Waals surface area contributed by atoms with Gasteiger partial charge in [0.15, 0.2) is 5.60 Å². The lowest BCUT2D eigenvalue weighted by molar-refractivity contribution is 0.0642. The fourth-order valence-electron chi connectivity index (χ4n) is 11.0. The molecular formula is C51H50O5. The Morgan fingerprint density at radius 1 is 0.554 bits per heavy atom. The standard InChI is InChI=1S/C51H50O5/c1-48(2)29-49(3,4)31-50(30-48)43-12-10-9-11-38(43)45-41-27-40(32-13-19-35(52-5)20-14-32)44(55-8)28-42(41)47-39(46(45)50)25-26-51(56-47,33-15-21-36(53-6)22-16-33)34-17-23-37(54-7)24-18-34/h9-28H,29-31H2,1-8H3. The summed E-state index contributed by atoms with van der Waals surface area (Å²) in [5.74, 6) is 4.04. The van der Waals surface area contributed by atoms with E-state index in [9.17, 15) is 0 Å². The normalized spacial score (nSPS) is 17.7. The topological polar surface area (TPSA) is 46.2 Å². The zero-order valence-corrected chi connectivity index (χ0v) is 33.7. The van der Waals surface area contributed by atoms with Gasteiger partial charge in [0.1, 0.15) is 28.7 Å². The molecule has 1 fully saturated rings. The molecular weight excluding hydrogens is 693 g/mol. The Morgan fingerprint density at radius 2 is 1.11 bits per heavy atom. The maximum atomic E-state index is 7.75. The molecule has 9 rings (SSSR count). The highest BCUT2D eigenvalue weighted by atomic mass is 16.5. The van der Waals surface area contributed by atoms with Gasteiger partial charge in [0.05, 0.1) is 28.4 Å². The van der Waals surface area contributed by atoms with Crippen molar-refractivity contribution in [3.63, 3.8) is 0 Å². The highest BCUT2D eigenvalue weighted by Crippen LogP contribution is 2.67. The van der Waals surface area contributed by atoms with Crippen LogP contribution in [0, 0.1) is 10.8 Å². The van der Waals surface area contributed by atoms with Gasteiger partial charge >= 0.3 is 0 Å². The molecule has 0 unspecified atom stereocenters. The Kier molecular flexibility index (Phi) is 8.32. The number of fused-ring (bicyclic) bond motifs is 10. The van der Waals surface area contributed by atoms with Gasteiger partial charge in [0, 0.05) is 33.1 Å². The van der Waals surface area contributed by atoms with Gasteiger partial charge in [0.25, 0.3) is 0 Å². The quantitative estimate of drug-likeness (QED) is 0.163. The molecule has 5 heteroatoms. The Morgan fingerprint density at radius 3 is 1.66 bits per heavy atom. The molecule has 1 aliphatic heterocycles. The molecule has 0 atom stereocenters. The lowest BCUT2D eigenvalue weighted by atomic mass is 9.52. The lowest BCUT2D eigenvalue weighted by Crippen LogP contribution is -2.44. The summed E-state index contributed by atoms with van der Waals surface area (Å²) in [5, 5.41) is 2.18. The van der Waals surface area contributed by atoms with Crippen molar-refractivity contribution >= 4 is 16.8 Å². The zero-order valence-electron chi connectivity index (χ0n) is 33.7. The maximum absolute atomic E-state index is 7.75. The third kappa shape index (κ3) is 5.50. The summed E-state index contributed by atoms with van der Waals surface area (Å²) in [4.78, 5) is 0. The average Bonchev–Trinajstić information content (AvgIpc) is 3.47. The van der Waals surface area contributed by atoms with E-state index in [1.807, 2.05) is 36.4 Å². The van der Waals surface area contributed by atoms with Crippen molar-refractivity contribution in [1.82, 2.24) is 0 Å². The fourth-order valence-corrected chi connectivity index (χ4v) is 11.0. The van der Waals surface area contributed by atoms with E-state index in [1.54, 1.807) is 28.4 Å². The number of benzene rings is 6. The maximum Gasteiger partial charge on any atom is 0.178 e. The summed E-state index contributed by atoms with van der Waals surface area (Å²) in [5.41, 5.74) is 9.70. The van der Waals surface area contributed by atoms with Crippen molar-refractivity contribution in [2.45, 2.75) is 58.0 Å². The first-order valence-electron chi connectivity index (χ1n) is 19.6. The van der Waals surface area contributed by atoms with Crippen LogP contribution in [0.25, 0.3) is 39.1 Å². The molecule has 1 saturated carbocycles. The van der Waals surface area contributed by atoms with Crippen molar-refractivity contribution in [3.05, 3.63) is 143 Å². The molecule has 284 valence electrons. The molecule has 1 heterocycles. The van der Waals surface area contributed by atoms with Crippen LogP contribution < -0.4 is 23.7 Å². The minimum atomic E-state index is -0.946. The fraction of sp³-hybridized carbons (Fsp3) is 0.294. The molecule has 0 amide bonds. The smallest absolute Gasteiger partial charge is 0.178 e. The molecule has 2 aliphatic carbocycles. The molecule has 0 N–H and O–H groups in total. The summed E-state index contributed by atoms with van der Waals surface area (Å²) in [6.45, 7) is 9.84. The van der Waals surface area contributed by atoms with Crippen LogP contribution >= 0.6 is 0 Å². The summed E-state index contributed by atoms with van der Waals surface area (Å²) in [6, 6.07) is 38.4. The third-order valence-corrected chi connectivity index (χ3v) is 12.5. The predicted octanol–water partition coefficient (Wildman–Crippen LogP) is 12.4. The molecule has 6 aromatic carbocycles. The van der Waals surface area contributed by atoms with E-state index >= 15 is 0 Å². The average molecular weight is 743 g/mol. The highest BCUT2D eigenvalue weighted by Gasteiger charge is 2.55. The van der Waals surface area contributed by atoms with E-state index in [4.69, 9.17) is 23.7 Å². The number of ether oxygens (including phenoxy) is 5. The molecule has 56 heavy (non-hydrogen) atoms. The second-order valence-electron chi connectivity index (χ2n) is 17.4. The van der Waals surface area contributed by atoms with Crippen molar-refractivity contribution in [2.24, 2.45) is 10.8 Å². The van der Waals surface area contributed by atoms with Gasteiger partial charge in [-0.15, -0.1) is 0 Å². The van der Waals surface area contributed by atoms with Crippen LogP contribution in [0.15, 0.2) is 115 Å². The van der Waals surface area contributed by atoms with E-state index in [-0.39, 0.29) is 16.2 Å². The monoisotopic (exact) mass is 742 g/mol. The van der Waals surface area contributed by atoms with Crippen molar-refractivity contribution in [1.29, 1.82) is 0 Å². The van der Waals surface area contributed by atoms with E-state index in [1.165, 1.54) is 22.3 Å². The highest BCUT2D eigenvalue weighted by molar-refractivity contribution is 6.10. The van der Waals surface area contributed by atoms with Crippen LogP contribution in [-0.4, -0.2) is 28.4 Å². The van der Waals surface area contributed by atoms with Gasteiger partial charge in [-0.3, -0.25) is 0 Å². The number of hydrogen-bond donors (Lipinski definition) is 0. The van der Waals surface area contributed by atoms with Gasteiger partial charge < -0.3 is 23.7 Å². The molecule has 1 spiro atoms. The second-order valence-corrected chi connectivity index (χ2v) is 17.4. The number of methoxy groups -OCH3 is 4. The minimum absolute atomic E-state index is 0.113. The molecule has 5 nitrogen and oxygen atoms in total.